The van der Waals surface area contributed by atoms with Crippen LogP contribution in [0.2, 0.25) is 0 Å². The number of halogens is 2. The first-order chi connectivity index (χ1) is 10.6. The smallest absolute Gasteiger partial charge is 0.258 e. The highest BCUT2D eigenvalue weighted by Crippen LogP contribution is 2.28. The number of piperidine rings is 1. The Morgan fingerprint density at radius 2 is 1.88 bits per heavy atom. The van der Waals surface area contributed by atoms with Crippen molar-refractivity contribution in [2.45, 2.75) is 64.6 Å². The summed E-state index contributed by atoms with van der Waals surface area (Å²) in [5.41, 5.74) is 1.12. The van der Waals surface area contributed by atoms with Crippen LogP contribution in [0.5, 0.6) is 5.75 Å². The Hall–Kier alpha value is -0.780. The quantitative estimate of drug-likeness (QED) is 0.776. The summed E-state index contributed by atoms with van der Waals surface area (Å²) >= 11 is 3.46. The molecule has 0 unspecified atom stereocenters. The lowest BCUT2D eigenvalue weighted by molar-refractivity contribution is -0.124. The number of amides is 1. The Kier molecular flexibility index (Phi) is 7.15. The fraction of sp³-hybridized carbons (Fsp3) is 0.611. The van der Waals surface area contributed by atoms with Crippen molar-refractivity contribution in [2.75, 3.05) is 6.61 Å². The van der Waals surface area contributed by atoms with E-state index in [4.69, 9.17) is 4.74 Å². The Labute approximate surface area is 159 Å². The van der Waals surface area contributed by atoms with E-state index in [0.717, 1.165) is 22.9 Å². The molecule has 0 aliphatic carbocycles. The first kappa shape index (κ1) is 21.3. The van der Waals surface area contributed by atoms with Crippen LogP contribution in [0.1, 0.15) is 46.1 Å². The summed E-state index contributed by atoms with van der Waals surface area (Å²) in [4.78, 5) is 12.2. The van der Waals surface area contributed by atoms with Crippen LogP contribution in [-0.4, -0.2) is 29.6 Å². The molecule has 0 saturated carbocycles. The Morgan fingerprint density at radius 1 is 1.29 bits per heavy atom. The second kappa shape index (κ2) is 8.07. The number of nitrogens with one attached hydrogen (secondary N) is 2. The van der Waals surface area contributed by atoms with Gasteiger partial charge in [-0.1, -0.05) is 15.9 Å². The number of carbonyl (C=O) groups excluding carboxylic acids is 1. The molecule has 2 rings (SSSR count). The van der Waals surface area contributed by atoms with E-state index >= 15 is 0 Å². The van der Waals surface area contributed by atoms with Gasteiger partial charge in [-0.25, -0.2) is 0 Å². The van der Waals surface area contributed by atoms with Gasteiger partial charge >= 0.3 is 0 Å². The molecule has 6 heteroatoms. The minimum absolute atomic E-state index is 0. The maximum absolute atomic E-state index is 12.2. The highest BCUT2D eigenvalue weighted by atomic mass is 79.9. The van der Waals surface area contributed by atoms with Gasteiger partial charge in [-0.2, -0.15) is 0 Å². The maximum Gasteiger partial charge on any atom is 0.258 e. The van der Waals surface area contributed by atoms with E-state index in [1.54, 1.807) is 0 Å². The second-order valence-electron chi connectivity index (χ2n) is 7.77. The third-order valence-electron chi connectivity index (χ3n) is 4.05. The number of ether oxygens (including phenoxy) is 1. The standard InChI is InChI=1S/C18H27BrN2O2.ClH/c1-12-8-14(6-7-15(12)19)23-11-16(22)20-13-9-17(2,3)21-18(4,5)10-13;/h6-8,13,21H,9-11H2,1-5H3,(H,20,22);1H. The summed E-state index contributed by atoms with van der Waals surface area (Å²) < 4.78 is 6.64. The van der Waals surface area contributed by atoms with Gasteiger partial charge in [0.15, 0.2) is 6.61 Å². The largest absolute Gasteiger partial charge is 0.484 e. The zero-order valence-electron chi connectivity index (χ0n) is 15.0. The number of benzene rings is 1. The number of carbonyl (C=O) groups is 1. The molecule has 1 aromatic carbocycles. The molecule has 136 valence electrons. The average Bonchev–Trinajstić information content (AvgIpc) is 2.36. The third kappa shape index (κ3) is 6.26. The minimum atomic E-state index is -0.0657. The van der Waals surface area contributed by atoms with Crippen molar-refractivity contribution in [3.8, 4) is 5.75 Å². The number of hydrogen-bond donors (Lipinski definition) is 2. The van der Waals surface area contributed by atoms with Crippen molar-refractivity contribution < 1.29 is 9.53 Å². The van der Waals surface area contributed by atoms with E-state index in [9.17, 15) is 4.79 Å². The van der Waals surface area contributed by atoms with E-state index in [0.29, 0.717) is 5.75 Å². The zero-order chi connectivity index (χ0) is 17.3. The normalized spacial score (nSPS) is 19.2. The molecule has 1 aromatic rings. The first-order valence-electron chi connectivity index (χ1n) is 8.04. The Balaban J connectivity index is 0.00000288. The zero-order valence-corrected chi connectivity index (χ0v) is 17.4. The summed E-state index contributed by atoms with van der Waals surface area (Å²) in [5, 5.41) is 6.73. The summed E-state index contributed by atoms with van der Waals surface area (Å²) in [5.74, 6) is 0.649. The van der Waals surface area contributed by atoms with Gasteiger partial charge in [-0.05, 0) is 71.2 Å². The van der Waals surface area contributed by atoms with Gasteiger partial charge in [0.1, 0.15) is 5.75 Å². The summed E-state index contributed by atoms with van der Waals surface area (Å²) in [6.45, 7) is 10.7. The van der Waals surface area contributed by atoms with Crippen LogP contribution >= 0.6 is 28.3 Å². The lowest BCUT2D eigenvalue weighted by Gasteiger charge is -2.46. The molecular formula is C18H28BrClN2O2. The SMILES string of the molecule is Cc1cc(OCC(=O)NC2CC(C)(C)NC(C)(C)C2)ccc1Br.Cl. The van der Waals surface area contributed by atoms with Crippen LogP contribution in [-0.2, 0) is 4.79 Å². The topological polar surface area (TPSA) is 50.4 Å². The van der Waals surface area contributed by atoms with Gasteiger partial charge in [-0.15, -0.1) is 12.4 Å². The molecule has 1 aliphatic rings. The van der Waals surface area contributed by atoms with Crippen LogP contribution in [0.4, 0.5) is 0 Å². The Morgan fingerprint density at radius 3 is 2.42 bits per heavy atom. The molecule has 24 heavy (non-hydrogen) atoms. The fourth-order valence-electron chi connectivity index (χ4n) is 3.55. The van der Waals surface area contributed by atoms with E-state index in [1.807, 2.05) is 25.1 Å². The van der Waals surface area contributed by atoms with Crippen LogP contribution in [0.3, 0.4) is 0 Å². The van der Waals surface area contributed by atoms with Gasteiger partial charge in [-0.3, -0.25) is 4.79 Å². The summed E-state index contributed by atoms with van der Waals surface area (Å²) in [6, 6.07) is 5.89. The van der Waals surface area contributed by atoms with Gasteiger partial charge in [0.05, 0.1) is 0 Å². The van der Waals surface area contributed by atoms with Crippen molar-refractivity contribution >= 4 is 34.2 Å². The molecule has 0 radical (unpaired) electrons. The Bertz CT molecular complexity index is 574. The monoisotopic (exact) mass is 418 g/mol. The minimum Gasteiger partial charge on any atom is -0.484 e. The summed E-state index contributed by atoms with van der Waals surface area (Å²) in [7, 11) is 0. The molecule has 1 amide bonds. The molecule has 0 aromatic heterocycles. The average molecular weight is 420 g/mol. The van der Waals surface area contributed by atoms with Crippen LogP contribution in [0.15, 0.2) is 22.7 Å². The van der Waals surface area contributed by atoms with E-state index in [1.165, 1.54) is 0 Å². The fourth-order valence-corrected chi connectivity index (χ4v) is 3.80. The highest BCUT2D eigenvalue weighted by Gasteiger charge is 2.38. The first-order valence-corrected chi connectivity index (χ1v) is 8.83. The predicted molar refractivity (Wildman–Crippen MR) is 104 cm³/mol. The van der Waals surface area contributed by atoms with Crippen molar-refractivity contribution in [3.63, 3.8) is 0 Å². The van der Waals surface area contributed by atoms with E-state index in [-0.39, 0.29) is 42.0 Å². The molecule has 1 saturated heterocycles. The van der Waals surface area contributed by atoms with E-state index < -0.39 is 0 Å². The lowest BCUT2D eigenvalue weighted by atomic mass is 9.79. The van der Waals surface area contributed by atoms with Crippen molar-refractivity contribution in [2.24, 2.45) is 0 Å². The molecule has 1 fully saturated rings. The molecule has 1 heterocycles. The van der Waals surface area contributed by atoms with Gasteiger partial charge < -0.3 is 15.4 Å². The van der Waals surface area contributed by atoms with Gasteiger partial charge in [0.2, 0.25) is 0 Å². The number of aryl methyl sites for hydroxylation is 1. The van der Waals surface area contributed by atoms with E-state index in [2.05, 4.69) is 54.3 Å². The van der Waals surface area contributed by atoms with Gasteiger partial charge in [0, 0.05) is 21.6 Å². The molecular weight excluding hydrogens is 392 g/mol. The number of hydrogen-bond acceptors (Lipinski definition) is 3. The van der Waals surface area contributed by atoms with Gasteiger partial charge in [0.25, 0.3) is 5.91 Å². The van der Waals surface area contributed by atoms with Crippen molar-refractivity contribution in [1.82, 2.24) is 10.6 Å². The molecule has 0 bridgehead atoms. The van der Waals surface area contributed by atoms with Crippen LogP contribution in [0.25, 0.3) is 0 Å². The lowest BCUT2D eigenvalue weighted by Crippen LogP contribution is -2.62. The molecule has 1 aliphatic heterocycles. The van der Waals surface area contributed by atoms with Crippen molar-refractivity contribution in [1.29, 1.82) is 0 Å². The maximum atomic E-state index is 12.2. The van der Waals surface area contributed by atoms with Crippen LogP contribution < -0.4 is 15.4 Å². The summed E-state index contributed by atoms with van der Waals surface area (Å²) in [6.07, 6.45) is 1.83. The molecule has 0 spiro atoms. The molecule has 0 atom stereocenters. The van der Waals surface area contributed by atoms with Crippen LogP contribution in [0, 0.1) is 6.92 Å². The highest BCUT2D eigenvalue weighted by molar-refractivity contribution is 9.10. The third-order valence-corrected chi connectivity index (χ3v) is 4.94. The number of rotatable bonds is 4. The molecule has 2 N–H and O–H groups in total. The predicted octanol–water partition coefficient (Wildman–Crippen LogP) is 3.98. The molecule has 4 nitrogen and oxygen atoms in total. The van der Waals surface area contributed by atoms with Crippen molar-refractivity contribution in [3.05, 3.63) is 28.2 Å². The second-order valence-corrected chi connectivity index (χ2v) is 8.62.